The number of hydrogen-bond donors (Lipinski definition) is 5. The summed E-state index contributed by atoms with van der Waals surface area (Å²) in [6, 6.07) is 1.25. The molecule has 0 amide bonds. The van der Waals surface area contributed by atoms with Crippen LogP contribution in [0.4, 0.5) is 5.82 Å². The number of nitrogens with two attached hydrogens (primary N) is 1. The Labute approximate surface area is 421 Å². The van der Waals surface area contributed by atoms with Crippen LogP contribution in [0, 0.1) is 0 Å². The van der Waals surface area contributed by atoms with Crippen molar-refractivity contribution in [3.05, 3.63) is 59.2 Å². The first-order chi connectivity index (χ1) is 34.1. The molecule has 2 aliphatic heterocycles. The van der Waals surface area contributed by atoms with Crippen LogP contribution in [0.5, 0.6) is 0 Å². The molecule has 1 aromatic rings. The van der Waals surface area contributed by atoms with E-state index in [0.717, 1.165) is 62.1 Å². The van der Waals surface area contributed by atoms with Crippen molar-refractivity contribution in [1.29, 1.82) is 0 Å². The highest BCUT2D eigenvalue weighted by Crippen LogP contribution is 2.60. The number of carbonyl (C=O) groups is 2. The molecule has 2 fully saturated rings. The van der Waals surface area contributed by atoms with Crippen molar-refractivity contribution in [3.8, 4) is 0 Å². The number of aromatic nitrogens is 2. The largest absolute Gasteiger partial charge is 0.481 e. The predicted octanol–water partition coefficient (Wildman–Crippen LogP) is 9.77. The summed E-state index contributed by atoms with van der Waals surface area (Å²) in [5.41, 5.74) is 4.59. The maximum atomic E-state index is 12.9. The highest BCUT2D eigenvalue weighted by Gasteiger charge is 2.46. The van der Waals surface area contributed by atoms with Gasteiger partial charge in [0.1, 0.15) is 30.7 Å². The van der Waals surface area contributed by atoms with Crippen LogP contribution in [0.25, 0.3) is 0 Å². The van der Waals surface area contributed by atoms with Gasteiger partial charge in [-0.15, -0.1) is 0 Å². The van der Waals surface area contributed by atoms with E-state index < -0.39 is 83.7 Å². The Balaban J connectivity index is 1.40. The second-order valence-electron chi connectivity index (χ2n) is 18.4. The zero-order valence-electron chi connectivity index (χ0n) is 42.2. The minimum Gasteiger partial charge on any atom is -0.462 e. The average Bonchev–Trinajstić information content (AvgIpc) is 4.02. The Morgan fingerprint density at radius 1 is 0.690 bits per heavy atom. The van der Waals surface area contributed by atoms with Gasteiger partial charge < -0.3 is 44.7 Å². The Hall–Kier alpha value is -3.06. The lowest BCUT2D eigenvalue weighted by Gasteiger charge is -2.21. The number of unbranched alkanes of at least 4 members (excludes halogenated alkanes) is 18. The first-order valence-electron chi connectivity index (χ1n) is 26.1. The fourth-order valence-electron chi connectivity index (χ4n) is 7.94. The van der Waals surface area contributed by atoms with Gasteiger partial charge in [-0.2, -0.15) is 9.29 Å². The molecule has 0 radical (unpaired) electrons. The summed E-state index contributed by atoms with van der Waals surface area (Å²) in [6.07, 6.45) is 32.5. The quantitative estimate of drug-likeness (QED) is 0.0134. The van der Waals surface area contributed by atoms with Crippen LogP contribution in [0.3, 0.4) is 0 Å². The van der Waals surface area contributed by atoms with Gasteiger partial charge in [0, 0.05) is 19.0 Å². The maximum Gasteiger partial charge on any atom is 0.481 e. The predicted molar refractivity (Wildman–Crippen MR) is 270 cm³/mol. The van der Waals surface area contributed by atoms with Gasteiger partial charge in [0.05, 0.1) is 25.4 Å². The first-order valence-corrected chi connectivity index (χ1v) is 29.1. The van der Waals surface area contributed by atoms with E-state index in [9.17, 15) is 43.5 Å². The Kier molecular flexibility index (Phi) is 31.5. The third kappa shape index (κ3) is 28.3. The highest BCUT2D eigenvalue weighted by atomic mass is 31.3. The standard InChI is InChI=1S/C50H85N3O16P2/c1-3-5-7-9-11-12-13-14-15-16-17-18-21-26-30-34-46(55)66-40(37-63-45(54)33-29-25-22-19-20-24-28-32-42-41(67-42)31-27-23-10-8-6-4-2)38-64-70(59,60)69-71(61,62)65-39-43-47(56)48(57)49(68-43)53-36-35-44(51)52-50(53)58/h19,22-24,27-28,35-36,40-43,47-49,56-57H,3-18,20-21,25-26,29-34,37-39H2,1-2H3,(H,59,60)(H,61,62)(H2,51,52,58)/b22-19-,27-23-,28-24-/t40-,41?,42?,43-,47-,48-,49-/m1/s1. The number of anilines is 1. The molecule has 0 bridgehead atoms. The van der Waals surface area contributed by atoms with Gasteiger partial charge in [0.2, 0.25) is 0 Å². The molecule has 0 saturated carbocycles. The summed E-state index contributed by atoms with van der Waals surface area (Å²) in [5, 5.41) is 20.9. The third-order valence-corrected chi connectivity index (χ3v) is 14.7. The van der Waals surface area contributed by atoms with Gasteiger partial charge in [-0.25, -0.2) is 13.9 Å². The fourth-order valence-corrected chi connectivity index (χ4v) is 10.0. The molecule has 71 heavy (non-hydrogen) atoms. The number of rotatable bonds is 42. The van der Waals surface area contributed by atoms with Crippen LogP contribution in [0.2, 0.25) is 0 Å². The van der Waals surface area contributed by atoms with Crippen molar-refractivity contribution in [3.63, 3.8) is 0 Å². The van der Waals surface area contributed by atoms with Crippen molar-refractivity contribution in [1.82, 2.24) is 9.55 Å². The van der Waals surface area contributed by atoms with Crippen molar-refractivity contribution in [2.24, 2.45) is 0 Å². The van der Waals surface area contributed by atoms with Gasteiger partial charge >= 0.3 is 33.3 Å². The molecule has 0 aromatic carbocycles. The molecular formula is C50H85N3O16P2. The van der Waals surface area contributed by atoms with Crippen molar-refractivity contribution in [2.75, 3.05) is 25.6 Å². The van der Waals surface area contributed by atoms with E-state index in [4.69, 9.17) is 33.7 Å². The number of ether oxygens (including phenoxy) is 4. The number of allylic oxidation sites excluding steroid dienone is 4. The number of carbonyl (C=O) groups excluding carboxylic acids is 2. The monoisotopic (exact) mass is 1050 g/mol. The summed E-state index contributed by atoms with van der Waals surface area (Å²) in [6.45, 7) is 2.08. The Morgan fingerprint density at radius 3 is 1.86 bits per heavy atom. The number of phosphoric ester groups is 2. The maximum absolute atomic E-state index is 12.9. The molecule has 1 aromatic heterocycles. The van der Waals surface area contributed by atoms with Crippen LogP contribution >= 0.6 is 15.6 Å². The smallest absolute Gasteiger partial charge is 0.462 e. The minimum absolute atomic E-state index is 0.0387. The van der Waals surface area contributed by atoms with E-state index in [-0.39, 0.29) is 24.8 Å². The van der Waals surface area contributed by atoms with Crippen molar-refractivity contribution < 1.29 is 71.0 Å². The number of phosphoric acid groups is 2. The van der Waals surface area contributed by atoms with Gasteiger partial charge in [0.15, 0.2) is 12.3 Å². The number of nitrogens with zero attached hydrogens (tertiary/aromatic N) is 2. The van der Waals surface area contributed by atoms with Gasteiger partial charge in [-0.3, -0.25) is 23.2 Å². The summed E-state index contributed by atoms with van der Waals surface area (Å²) >= 11 is 0. The molecule has 19 nitrogen and oxygen atoms in total. The lowest BCUT2D eigenvalue weighted by Crippen LogP contribution is -2.36. The third-order valence-electron chi connectivity index (χ3n) is 12.1. The minimum atomic E-state index is -5.44. The Bertz CT molecular complexity index is 1900. The molecule has 0 spiro atoms. The molecular weight excluding hydrogens is 961 g/mol. The van der Waals surface area contributed by atoms with Gasteiger partial charge in [-0.1, -0.05) is 153 Å². The zero-order chi connectivity index (χ0) is 51.7. The van der Waals surface area contributed by atoms with Crippen molar-refractivity contribution >= 4 is 33.4 Å². The second-order valence-corrected chi connectivity index (χ2v) is 21.5. The number of esters is 2. The van der Waals surface area contributed by atoms with Crippen LogP contribution in [0.15, 0.2) is 53.5 Å². The number of aliphatic hydroxyl groups is 2. The molecule has 0 aliphatic carbocycles. The number of epoxide rings is 1. The second kappa shape index (κ2) is 36.0. The molecule has 3 rings (SSSR count). The molecule has 21 heteroatoms. The molecule has 6 N–H and O–H groups in total. The molecule has 4 unspecified atom stereocenters. The average molecular weight is 1050 g/mol. The van der Waals surface area contributed by atoms with Crippen LogP contribution in [0.1, 0.15) is 187 Å². The van der Waals surface area contributed by atoms with Crippen LogP contribution in [-0.2, 0) is 51.0 Å². The fraction of sp³-hybridized carbons (Fsp3) is 0.760. The number of aliphatic hydroxyl groups excluding tert-OH is 2. The van der Waals surface area contributed by atoms with E-state index in [1.54, 1.807) is 0 Å². The normalized spacial score (nSPS) is 22.3. The summed E-state index contributed by atoms with van der Waals surface area (Å²) in [4.78, 5) is 62.0. The molecule has 2 aliphatic rings. The summed E-state index contributed by atoms with van der Waals surface area (Å²) < 4.78 is 62.5. The van der Waals surface area contributed by atoms with E-state index >= 15 is 0 Å². The topological polar surface area (TPSA) is 278 Å². The van der Waals surface area contributed by atoms with E-state index in [2.05, 4.69) is 47.4 Å². The lowest BCUT2D eigenvalue weighted by atomic mass is 10.0. The first kappa shape index (κ1) is 62.2. The lowest BCUT2D eigenvalue weighted by molar-refractivity contribution is -0.161. The Morgan fingerprint density at radius 2 is 1.23 bits per heavy atom. The van der Waals surface area contributed by atoms with E-state index in [1.165, 1.54) is 89.5 Å². The SMILES string of the molecule is CCCCC/C=C\CC1OC1C/C=C\C/C=C\CCCC(=O)OC[C@H](COP(=O)(O)OP(=O)(O)OC[C@H]1O[C@@H](n2ccc(N)nc2=O)[C@H](O)[C@@H]1O)OC(=O)CCCCCCCCCCCCCCCCC. The van der Waals surface area contributed by atoms with Crippen molar-refractivity contribution in [2.45, 2.75) is 224 Å². The molecule has 2 saturated heterocycles. The molecule has 406 valence electrons. The molecule has 9 atom stereocenters. The highest BCUT2D eigenvalue weighted by molar-refractivity contribution is 7.61. The van der Waals surface area contributed by atoms with Crippen LogP contribution in [-0.4, -0.2) is 97.9 Å². The van der Waals surface area contributed by atoms with E-state index in [1.807, 2.05) is 12.2 Å². The molecule has 3 heterocycles. The number of nitrogen functional groups attached to an aromatic ring is 1. The summed E-state index contributed by atoms with van der Waals surface area (Å²) in [5.74, 6) is -1.36. The number of hydrogen-bond acceptors (Lipinski definition) is 16. The van der Waals surface area contributed by atoms with Gasteiger partial charge in [-0.05, 0) is 57.4 Å². The van der Waals surface area contributed by atoms with Crippen LogP contribution < -0.4 is 11.4 Å². The summed E-state index contributed by atoms with van der Waals surface area (Å²) in [7, 11) is -10.9. The zero-order valence-corrected chi connectivity index (χ0v) is 44.0. The van der Waals surface area contributed by atoms with Gasteiger partial charge in [0.25, 0.3) is 0 Å². The van der Waals surface area contributed by atoms with E-state index in [0.29, 0.717) is 25.4 Å².